The molecule has 0 bridgehead atoms. The first-order valence-corrected chi connectivity index (χ1v) is 6.43. The Balaban J connectivity index is 2.35. The lowest BCUT2D eigenvalue weighted by Gasteiger charge is -2.15. The third kappa shape index (κ3) is 3.37. The van der Waals surface area contributed by atoms with Gasteiger partial charge < -0.3 is 10.1 Å². The summed E-state index contributed by atoms with van der Waals surface area (Å²) in [5.41, 5.74) is 1.03. The monoisotopic (exact) mass is 288 g/mol. The van der Waals surface area contributed by atoms with Crippen molar-refractivity contribution >= 4 is 23.1 Å². The molecule has 0 aliphatic heterocycles. The van der Waals surface area contributed by atoms with E-state index in [9.17, 15) is 0 Å². The molecule has 102 valence electrons. The van der Waals surface area contributed by atoms with Crippen molar-refractivity contribution in [3.8, 4) is 11.8 Å². The summed E-state index contributed by atoms with van der Waals surface area (Å²) in [6.45, 7) is 3.89. The minimum atomic E-state index is 0.0439. The summed E-state index contributed by atoms with van der Waals surface area (Å²) in [6, 6.07) is 9.44. The molecule has 0 aliphatic carbocycles. The van der Waals surface area contributed by atoms with Crippen molar-refractivity contribution in [2.45, 2.75) is 20.0 Å². The molecule has 2 aromatic rings. The number of nitrogens with one attached hydrogen (secondary N) is 1. The summed E-state index contributed by atoms with van der Waals surface area (Å²) >= 11 is 5.76. The Morgan fingerprint density at radius 1 is 1.35 bits per heavy atom. The molecule has 0 radical (unpaired) electrons. The highest BCUT2D eigenvalue weighted by Gasteiger charge is 2.10. The van der Waals surface area contributed by atoms with E-state index in [1.165, 1.54) is 6.20 Å². The van der Waals surface area contributed by atoms with Crippen LogP contribution in [0.4, 0.5) is 11.5 Å². The van der Waals surface area contributed by atoms with Gasteiger partial charge in [0, 0.05) is 0 Å². The first kappa shape index (κ1) is 14.1. The summed E-state index contributed by atoms with van der Waals surface area (Å²) in [5, 5.41) is 12.2. The highest BCUT2D eigenvalue weighted by atomic mass is 35.5. The molecule has 2 rings (SSSR count). The number of ether oxygens (including phenoxy) is 1. The largest absolute Gasteiger partial charge is 0.489 e. The Morgan fingerprint density at radius 2 is 2.10 bits per heavy atom. The number of nitriles is 1. The lowest BCUT2D eigenvalue weighted by atomic mass is 10.2. The van der Waals surface area contributed by atoms with Crippen LogP contribution >= 0.6 is 11.6 Å². The minimum Gasteiger partial charge on any atom is -0.489 e. The number of para-hydroxylation sites is 2. The first-order chi connectivity index (χ1) is 9.60. The molecule has 0 amide bonds. The summed E-state index contributed by atoms with van der Waals surface area (Å²) in [6.07, 6.45) is 1.42. The molecule has 1 aromatic carbocycles. The van der Waals surface area contributed by atoms with Crippen LogP contribution in [-0.4, -0.2) is 16.1 Å². The van der Waals surface area contributed by atoms with E-state index >= 15 is 0 Å². The molecule has 0 aliphatic rings. The van der Waals surface area contributed by atoms with Gasteiger partial charge >= 0.3 is 0 Å². The lowest BCUT2D eigenvalue weighted by Crippen LogP contribution is -2.08. The van der Waals surface area contributed by atoms with Gasteiger partial charge in [-0.1, -0.05) is 12.1 Å². The number of aromatic nitrogens is 2. The highest BCUT2D eigenvalue weighted by molar-refractivity contribution is 6.28. The van der Waals surface area contributed by atoms with Gasteiger partial charge in [0.25, 0.3) is 0 Å². The zero-order chi connectivity index (χ0) is 14.5. The van der Waals surface area contributed by atoms with Gasteiger partial charge in [0.15, 0.2) is 5.82 Å². The number of hydrogen-bond donors (Lipinski definition) is 1. The van der Waals surface area contributed by atoms with Crippen molar-refractivity contribution in [2.75, 3.05) is 5.32 Å². The Bertz CT molecular complexity index is 652. The second-order valence-electron chi connectivity index (χ2n) is 4.30. The molecule has 0 saturated carbocycles. The maximum Gasteiger partial charge on any atom is 0.224 e. The van der Waals surface area contributed by atoms with Gasteiger partial charge in [0.05, 0.1) is 18.0 Å². The molecule has 1 N–H and O–H groups in total. The summed E-state index contributed by atoms with van der Waals surface area (Å²) < 4.78 is 5.70. The van der Waals surface area contributed by atoms with E-state index in [-0.39, 0.29) is 11.4 Å². The van der Waals surface area contributed by atoms with Gasteiger partial charge in [0.1, 0.15) is 17.4 Å². The van der Waals surface area contributed by atoms with Crippen LogP contribution in [0.5, 0.6) is 5.75 Å². The summed E-state index contributed by atoms with van der Waals surface area (Å²) in [7, 11) is 0. The number of nitrogens with zero attached hydrogens (tertiary/aromatic N) is 3. The quantitative estimate of drug-likeness (QED) is 0.871. The van der Waals surface area contributed by atoms with E-state index in [4.69, 9.17) is 21.6 Å². The summed E-state index contributed by atoms with van der Waals surface area (Å²) in [4.78, 5) is 7.81. The molecule has 0 atom stereocenters. The maximum absolute atomic E-state index is 9.06. The van der Waals surface area contributed by atoms with Crippen LogP contribution in [0.25, 0.3) is 0 Å². The molecule has 5 nitrogen and oxygen atoms in total. The molecule has 20 heavy (non-hydrogen) atoms. The van der Waals surface area contributed by atoms with Crippen molar-refractivity contribution < 1.29 is 4.74 Å². The second-order valence-corrected chi connectivity index (χ2v) is 4.64. The Kier molecular flexibility index (Phi) is 4.38. The average Bonchev–Trinajstić information content (AvgIpc) is 2.41. The zero-order valence-electron chi connectivity index (χ0n) is 11.1. The van der Waals surface area contributed by atoms with E-state index < -0.39 is 0 Å². The van der Waals surface area contributed by atoms with E-state index in [1.807, 2.05) is 44.2 Å². The van der Waals surface area contributed by atoms with Crippen LogP contribution in [0.1, 0.15) is 19.4 Å². The maximum atomic E-state index is 9.06. The normalized spacial score (nSPS) is 10.2. The van der Waals surface area contributed by atoms with Crippen LogP contribution in [0.3, 0.4) is 0 Å². The summed E-state index contributed by atoms with van der Waals surface area (Å²) in [5.74, 6) is 1.04. The van der Waals surface area contributed by atoms with E-state index in [0.717, 1.165) is 0 Å². The van der Waals surface area contributed by atoms with E-state index in [0.29, 0.717) is 22.8 Å². The fourth-order valence-corrected chi connectivity index (χ4v) is 1.72. The van der Waals surface area contributed by atoms with E-state index in [2.05, 4.69) is 15.3 Å². The predicted octanol–water partition coefficient (Wildman–Crippen LogP) is 3.53. The second kappa shape index (κ2) is 6.22. The smallest absolute Gasteiger partial charge is 0.224 e. The highest BCUT2D eigenvalue weighted by Crippen LogP contribution is 2.28. The zero-order valence-corrected chi connectivity index (χ0v) is 11.8. The van der Waals surface area contributed by atoms with Crippen molar-refractivity contribution in [3.63, 3.8) is 0 Å². The Morgan fingerprint density at radius 3 is 2.80 bits per heavy atom. The van der Waals surface area contributed by atoms with Gasteiger partial charge in [-0.3, -0.25) is 0 Å². The minimum absolute atomic E-state index is 0.0439. The molecule has 0 spiro atoms. The van der Waals surface area contributed by atoms with Gasteiger partial charge in [0.2, 0.25) is 5.28 Å². The van der Waals surface area contributed by atoms with E-state index in [1.54, 1.807) is 0 Å². The van der Waals surface area contributed by atoms with Crippen molar-refractivity contribution in [2.24, 2.45) is 0 Å². The predicted molar refractivity (Wildman–Crippen MR) is 77.2 cm³/mol. The van der Waals surface area contributed by atoms with Gasteiger partial charge in [-0.15, -0.1) is 0 Å². The molecule has 0 fully saturated rings. The van der Waals surface area contributed by atoms with Crippen molar-refractivity contribution in [1.82, 2.24) is 9.97 Å². The Hall–Kier alpha value is -2.32. The topological polar surface area (TPSA) is 70.8 Å². The Labute approximate surface area is 122 Å². The molecule has 1 heterocycles. The van der Waals surface area contributed by atoms with Gasteiger partial charge in [-0.25, -0.2) is 4.98 Å². The van der Waals surface area contributed by atoms with Crippen LogP contribution < -0.4 is 10.1 Å². The molecular formula is C14H13ClN4O. The van der Waals surface area contributed by atoms with Gasteiger partial charge in [-0.05, 0) is 37.6 Å². The molecule has 1 aromatic heterocycles. The standard InChI is InChI=1S/C14H13ClN4O/c1-9(2)20-12-6-4-3-5-11(12)18-13-10(7-16)8-17-14(15)19-13/h3-6,8-9H,1-2H3,(H,17,18,19). The van der Waals surface area contributed by atoms with Crippen LogP contribution in [-0.2, 0) is 0 Å². The molecule has 0 saturated heterocycles. The average molecular weight is 289 g/mol. The van der Waals surface area contributed by atoms with Crippen molar-refractivity contribution in [3.05, 3.63) is 41.3 Å². The third-order valence-electron chi connectivity index (χ3n) is 2.38. The number of hydrogen-bond acceptors (Lipinski definition) is 5. The number of benzene rings is 1. The third-order valence-corrected chi connectivity index (χ3v) is 2.56. The molecular weight excluding hydrogens is 276 g/mol. The molecule has 0 unspecified atom stereocenters. The fraction of sp³-hybridized carbons (Fsp3) is 0.214. The number of rotatable bonds is 4. The first-order valence-electron chi connectivity index (χ1n) is 6.05. The fourth-order valence-electron chi connectivity index (χ4n) is 1.59. The van der Waals surface area contributed by atoms with Crippen molar-refractivity contribution in [1.29, 1.82) is 5.26 Å². The van der Waals surface area contributed by atoms with Gasteiger partial charge in [-0.2, -0.15) is 10.2 Å². The molecule has 6 heteroatoms. The van der Waals surface area contributed by atoms with Crippen LogP contribution in [0, 0.1) is 11.3 Å². The van der Waals surface area contributed by atoms with Crippen LogP contribution in [0.15, 0.2) is 30.5 Å². The van der Waals surface area contributed by atoms with Crippen LogP contribution in [0.2, 0.25) is 5.28 Å². The lowest BCUT2D eigenvalue weighted by molar-refractivity contribution is 0.244. The SMILES string of the molecule is CC(C)Oc1ccccc1Nc1nc(Cl)ncc1C#N. The number of halogens is 1. The number of anilines is 2.